The number of rotatable bonds is 2. The smallest absolute Gasteiger partial charge is 0.171 e. The number of aryl methyl sites for hydroxylation is 1. The average molecular weight is 210 g/mol. The van der Waals surface area contributed by atoms with Crippen molar-refractivity contribution in [3.8, 4) is 0 Å². The molecule has 4 N–H and O–H groups in total. The lowest BCUT2D eigenvalue weighted by Gasteiger charge is -2.49. The van der Waals surface area contributed by atoms with Crippen LogP contribution in [0.5, 0.6) is 0 Å². The second-order valence-electron chi connectivity index (χ2n) is 4.88. The monoisotopic (exact) mass is 210 g/mol. The molecular formula is C10H18N4O. The molecule has 2 atom stereocenters. The van der Waals surface area contributed by atoms with Crippen molar-refractivity contribution in [1.29, 1.82) is 0 Å². The van der Waals surface area contributed by atoms with Crippen molar-refractivity contribution in [1.82, 2.24) is 9.78 Å². The molecule has 0 saturated heterocycles. The van der Waals surface area contributed by atoms with E-state index in [4.69, 9.17) is 5.73 Å². The van der Waals surface area contributed by atoms with E-state index in [0.29, 0.717) is 11.5 Å². The van der Waals surface area contributed by atoms with Crippen LogP contribution < -0.4 is 11.1 Å². The molecule has 84 valence electrons. The number of nitrogens with two attached hydrogens (primary N) is 1. The third-order valence-electron chi connectivity index (χ3n) is 3.38. The van der Waals surface area contributed by atoms with Crippen molar-refractivity contribution in [2.75, 3.05) is 11.1 Å². The maximum Gasteiger partial charge on any atom is 0.171 e. The van der Waals surface area contributed by atoms with Crippen LogP contribution in [-0.2, 0) is 7.05 Å². The molecular weight excluding hydrogens is 192 g/mol. The highest BCUT2D eigenvalue weighted by Gasteiger charge is 2.47. The summed E-state index contributed by atoms with van der Waals surface area (Å²) in [5.74, 6) is 0.711. The summed E-state index contributed by atoms with van der Waals surface area (Å²) in [7, 11) is 1.84. The summed E-state index contributed by atoms with van der Waals surface area (Å²) < 4.78 is 1.68. The molecule has 0 amide bonds. The van der Waals surface area contributed by atoms with Crippen LogP contribution in [0, 0.1) is 5.41 Å². The zero-order valence-electron chi connectivity index (χ0n) is 9.36. The number of nitrogen functional groups attached to an aromatic ring is 1. The van der Waals surface area contributed by atoms with Gasteiger partial charge in [-0.05, 0) is 6.42 Å². The van der Waals surface area contributed by atoms with Crippen LogP contribution in [0.4, 0.5) is 11.5 Å². The van der Waals surface area contributed by atoms with Gasteiger partial charge in [-0.2, -0.15) is 5.10 Å². The molecule has 0 radical (unpaired) electrons. The predicted molar refractivity (Wildman–Crippen MR) is 59.4 cm³/mol. The molecule has 1 fully saturated rings. The predicted octanol–water partition coefficient (Wildman–Crippen LogP) is 0.574. The van der Waals surface area contributed by atoms with Crippen molar-refractivity contribution >= 4 is 11.5 Å². The van der Waals surface area contributed by atoms with Gasteiger partial charge in [-0.1, -0.05) is 13.8 Å². The van der Waals surface area contributed by atoms with Crippen molar-refractivity contribution in [2.45, 2.75) is 32.4 Å². The van der Waals surface area contributed by atoms with Gasteiger partial charge in [0.05, 0.1) is 11.8 Å². The number of aliphatic hydroxyl groups excluding tert-OH is 1. The number of aromatic nitrogens is 2. The maximum absolute atomic E-state index is 9.60. The number of nitrogens with zero attached hydrogens (tertiary/aromatic N) is 2. The van der Waals surface area contributed by atoms with Crippen LogP contribution >= 0.6 is 0 Å². The van der Waals surface area contributed by atoms with E-state index in [-0.39, 0.29) is 17.6 Å². The van der Waals surface area contributed by atoms with E-state index in [1.165, 1.54) is 0 Å². The lowest BCUT2D eigenvalue weighted by Crippen LogP contribution is -2.57. The van der Waals surface area contributed by atoms with E-state index < -0.39 is 0 Å². The van der Waals surface area contributed by atoms with E-state index >= 15 is 0 Å². The largest absolute Gasteiger partial charge is 0.394 e. The van der Waals surface area contributed by atoms with Crippen molar-refractivity contribution in [3.05, 3.63) is 6.20 Å². The SMILES string of the molecule is Cn1cc(N)c(NC2CC(O)C2(C)C)n1. The first-order chi connectivity index (χ1) is 6.91. The second-order valence-corrected chi connectivity index (χ2v) is 4.88. The van der Waals surface area contributed by atoms with E-state index in [1.807, 2.05) is 20.9 Å². The highest BCUT2D eigenvalue weighted by molar-refractivity contribution is 5.60. The van der Waals surface area contributed by atoms with Gasteiger partial charge in [0.2, 0.25) is 0 Å². The summed E-state index contributed by atoms with van der Waals surface area (Å²) in [6, 6.07) is 0.240. The van der Waals surface area contributed by atoms with Crippen molar-refractivity contribution in [3.63, 3.8) is 0 Å². The van der Waals surface area contributed by atoms with Gasteiger partial charge in [-0.25, -0.2) is 0 Å². The first-order valence-electron chi connectivity index (χ1n) is 5.15. The fourth-order valence-corrected chi connectivity index (χ4v) is 1.93. The zero-order chi connectivity index (χ0) is 11.2. The molecule has 5 nitrogen and oxygen atoms in total. The average Bonchev–Trinajstić information content (AvgIpc) is 2.45. The van der Waals surface area contributed by atoms with Gasteiger partial charge >= 0.3 is 0 Å². The molecule has 1 aromatic rings. The minimum Gasteiger partial charge on any atom is -0.394 e. The normalized spacial score (nSPS) is 28.5. The van der Waals surface area contributed by atoms with Crippen LogP contribution in [-0.4, -0.2) is 27.0 Å². The van der Waals surface area contributed by atoms with Gasteiger partial charge < -0.3 is 16.2 Å². The molecule has 15 heavy (non-hydrogen) atoms. The number of anilines is 2. The molecule has 1 heterocycles. The second kappa shape index (κ2) is 3.13. The van der Waals surface area contributed by atoms with E-state index in [0.717, 1.165) is 6.42 Å². The number of nitrogens with one attached hydrogen (secondary N) is 1. The number of hydrogen-bond donors (Lipinski definition) is 3. The molecule has 0 bridgehead atoms. The van der Waals surface area contributed by atoms with E-state index in [9.17, 15) is 5.11 Å². The highest BCUT2D eigenvalue weighted by Crippen LogP contribution is 2.42. The van der Waals surface area contributed by atoms with Crippen LogP contribution in [0.1, 0.15) is 20.3 Å². The summed E-state index contributed by atoms with van der Waals surface area (Å²) in [6.45, 7) is 4.08. The Hall–Kier alpha value is -1.23. The molecule has 1 aliphatic carbocycles. The van der Waals surface area contributed by atoms with Crippen LogP contribution in [0.25, 0.3) is 0 Å². The Labute approximate surface area is 89.3 Å². The summed E-state index contributed by atoms with van der Waals surface area (Å²) in [6.07, 6.45) is 2.29. The molecule has 0 aliphatic heterocycles. The minimum absolute atomic E-state index is 0.107. The summed E-state index contributed by atoms with van der Waals surface area (Å²) in [5, 5.41) is 17.1. The number of hydrogen-bond acceptors (Lipinski definition) is 4. The fourth-order valence-electron chi connectivity index (χ4n) is 1.93. The molecule has 0 aromatic carbocycles. The first-order valence-corrected chi connectivity index (χ1v) is 5.15. The standard InChI is InChI=1S/C10H18N4O/c1-10(2)7(4-8(10)15)12-9-6(11)5-14(3)13-9/h5,7-8,15H,4,11H2,1-3H3,(H,12,13). The summed E-state index contributed by atoms with van der Waals surface area (Å²) in [4.78, 5) is 0. The zero-order valence-corrected chi connectivity index (χ0v) is 9.36. The van der Waals surface area contributed by atoms with Gasteiger partial charge in [0.15, 0.2) is 5.82 Å². The Morgan fingerprint density at radius 2 is 2.33 bits per heavy atom. The lowest BCUT2D eigenvalue weighted by atomic mass is 9.64. The van der Waals surface area contributed by atoms with E-state index in [2.05, 4.69) is 10.4 Å². The Morgan fingerprint density at radius 1 is 1.67 bits per heavy atom. The van der Waals surface area contributed by atoms with Crippen LogP contribution in [0.15, 0.2) is 6.20 Å². The topological polar surface area (TPSA) is 76.1 Å². The van der Waals surface area contributed by atoms with Crippen molar-refractivity contribution in [2.24, 2.45) is 12.5 Å². The Balaban J connectivity index is 2.08. The van der Waals surface area contributed by atoms with Crippen molar-refractivity contribution < 1.29 is 5.11 Å². The number of aliphatic hydroxyl groups is 1. The first kappa shape index (κ1) is 10.3. The Morgan fingerprint density at radius 3 is 2.73 bits per heavy atom. The molecule has 1 saturated carbocycles. The van der Waals surface area contributed by atoms with Gasteiger partial charge in [-0.3, -0.25) is 4.68 Å². The van der Waals surface area contributed by atoms with Crippen LogP contribution in [0.3, 0.4) is 0 Å². The lowest BCUT2D eigenvalue weighted by molar-refractivity contribution is -0.0511. The highest BCUT2D eigenvalue weighted by atomic mass is 16.3. The van der Waals surface area contributed by atoms with E-state index in [1.54, 1.807) is 10.9 Å². The minimum atomic E-state index is -0.236. The third-order valence-corrected chi connectivity index (χ3v) is 3.38. The van der Waals surface area contributed by atoms with Gasteiger partial charge in [0.1, 0.15) is 0 Å². The van der Waals surface area contributed by atoms with Gasteiger partial charge in [0.25, 0.3) is 0 Å². The molecule has 0 spiro atoms. The molecule has 2 unspecified atom stereocenters. The quantitative estimate of drug-likeness (QED) is 0.667. The molecule has 1 aromatic heterocycles. The maximum atomic E-state index is 9.60. The molecule has 1 aliphatic rings. The van der Waals surface area contributed by atoms with Gasteiger partial charge in [-0.15, -0.1) is 0 Å². The van der Waals surface area contributed by atoms with Crippen LogP contribution in [0.2, 0.25) is 0 Å². The molecule has 2 rings (SSSR count). The third kappa shape index (κ3) is 1.56. The van der Waals surface area contributed by atoms with Gasteiger partial charge in [0, 0.05) is 24.7 Å². The Bertz CT molecular complexity index is 371. The molecule has 5 heteroatoms. The Kier molecular flexibility index (Phi) is 2.15. The fraction of sp³-hybridized carbons (Fsp3) is 0.700. The summed E-state index contributed by atoms with van der Waals surface area (Å²) in [5.41, 5.74) is 6.32. The summed E-state index contributed by atoms with van der Waals surface area (Å²) >= 11 is 0.